The van der Waals surface area contributed by atoms with Gasteiger partial charge >= 0.3 is 6.18 Å². The van der Waals surface area contributed by atoms with Crippen molar-refractivity contribution in [1.82, 2.24) is 4.57 Å². The number of aldehydes is 1. The minimum atomic E-state index is -4.37. The SMILES string of the molecule is CC(C)n1cc(CC=O)c2cc(C(F)(F)F)ccc21. The second-order valence-electron chi connectivity index (χ2n) is 4.76. The Morgan fingerprint density at radius 1 is 1.32 bits per heavy atom. The number of hydrogen-bond acceptors (Lipinski definition) is 1. The number of alkyl halides is 3. The monoisotopic (exact) mass is 269 g/mol. The lowest BCUT2D eigenvalue weighted by atomic mass is 10.1. The van der Waals surface area contributed by atoms with Gasteiger partial charge in [0.05, 0.1) is 5.56 Å². The number of carbonyl (C=O) groups excluding carboxylic acids is 1. The fourth-order valence-corrected chi connectivity index (χ4v) is 2.18. The highest BCUT2D eigenvalue weighted by Crippen LogP contribution is 2.33. The molecule has 0 fully saturated rings. The van der Waals surface area contributed by atoms with Gasteiger partial charge in [-0.15, -0.1) is 0 Å². The molecule has 0 bridgehead atoms. The molecule has 5 heteroatoms. The zero-order valence-electron chi connectivity index (χ0n) is 10.7. The summed E-state index contributed by atoms with van der Waals surface area (Å²) in [6.07, 6.45) is -1.78. The van der Waals surface area contributed by atoms with Crippen molar-refractivity contribution in [3.8, 4) is 0 Å². The molecule has 2 nitrogen and oxygen atoms in total. The van der Waals surface area contributed by atoms with E-state index in [1.54, 1.807) is 6.20 Å². The Morgan fingerprint density at radius 2 is 2.00 bits per heavy atom. The Balaban J connectivity index is 2.69. The molecule has 0 aliphatic heterocycles. The van der Waals surface area contributed by atoms with E-state index in [9.17, 15) is 18.0 Å². The summed E-state index contributed by atoms with van der Waals surface area (Å²) in [4.78, 5) is 10.6. The smallest absolute Gasteiger partial charge is 0.345 e. The van der Waals surface area contributed by atoms with Crippen molar-refractivity contribution in [3.63, 3.8) is 0 Å². The molecule has 0 atom stereocenters. The van der Waals surface area contributed by atoms with E-state index in [4.69, 9.17) is 0 Å². The highest BCUT2D eigenvalue weighted by molar-refractivity contribution is 5.86. The zero-order valence-corrected chi connectivity index (χ0v) is 10.7. The average Bonchev–Trinajstić information content (AvgIpc) is 2.67. The molecule has 19 heavy (non-hydrogen) atoms. The molecule has 1 heterocycles. The predicted molar refractivity (Wildman–Crippen MR) is 67.1 cm³/mol. The van der Waals surface area contributed by atoms with Gasteiger partial charge in [-0.2, -0.15) is 13.2 Å². The summed E-state index contributed by atoms with van der Waals surface area (Å²) < 4.78 is 40.1. The van der Waals surface area contributed by atoms with E-state index in [2.05, 4.69) is 0 Å². The van der Waals surface area contributed by atoms with Crippen LogP contribution >= 0.6 is 0 Å². The van der Waals surface area contributed by atoms with Gasteiger partial charge in [0.1, 0.15) is 6.29 Å². The molecule has 0 radical (unpaired) electrons. The highest BCUT2D eigenvalue weighted by atomic mass is 19.4. The molecule has 0 saturated heterocycles. The number of aromatic nitrogens is 1. The molecular weight excluding hydrogens is 255 g/mol. The maximum atomic E-state index is 12.7. The van der Waals surface area contributed by atoms with E-state index >= 15 is 0 Å². The van der Waals surface area contributed by atoms with Crippen LogP contribution in [0.3, 0.4) is 0 Å². The van der Waals surface area contributed by atoms with Crippen LogP contribution in [0, 0.1) is 0 Å². The zero-order chi connectivity index (χ0) is 14.2. The normalized spacial score (nSPS) is 12.3. The fourth-order valence-electron chi connectivity index (χ4n) is 2.18. The Labute approximate surface area is 108 Å². The van der Waals surface area contributed by atoms with Crippen LogP contribution < -0.4 is 0 Å². The molecule has 0 unspecified atom stereocenters. The Kier molecular flexibility index (Phi) is 3.39. The number of carbonyl (C=O) groups is 1. The molecule has 102 valence electrons. The van der Waals surface area contributed by atoms with Gasteiger partial charge in [0.2, 0.25) is 0 Å². The summed E-state index contributed by atoms with van der Waals surface area (Å²) in [6.45, 7) is 3.89. The molecule has 0 aliphatic carbocycles. The first-order chi connectivity index (χ1) is 8.84. The third-order valence-electron chi connectivity index (χ3n) is 3.10. The first-order valence-corrected chi connectivity index (χ1v) is 5.99. The third-order valence-corrected chi connectivity index (χ3v) is 3.10. The second-order valence-corrected chi connectivity index (χ2v) is 4.76. The van der Waals surface area contributed by atoms with Gasteiger partial charge in [0, 0.05) is 29.6 Å². The molecule has 0 saturated carbocycles. The van der Waals surface area contributed by atoms with Crippen molar-refractivity contribution in [2.45, 2.75) is 32.5 Å². The van der Waals surface area contributed by atoms with Gasteiger partial charge < -0.3 is 9.36 Å². The van der Waals surface area contributed by atoms with Crippen LogP contribution in [-0.2, 0) is 17.4 Å². The average molecular weight is 269 g/mol. The van der Waals surface area contributed by atoms with Gasteiger partial charge in [-0.25, -0.2) is 0 Å². The molecule has 0 amide bonds. The molecule has 0 N–H and O–H groups in total. The van der Waals surface area contributed by atoms with E-state index in [-0.39, 0.29) is 12.5 Å². The van der Waals surface area contributed by atoms with Crippen LogP contribution in [0.1, 0.15) is 31.0 Å². The number of halogens is 3. The standard InChI is InChI=1S/C14H14F3NO/c1-9(2)18-8-10(5-6-19)12-7-11(14(15,16)17)3-4-13(12)18/h3-4,6-9H,5H2,1-2H3. The third kappa shape index (κ3) is 2.50. The van der Waals surface area contributed by atoms with Crippen molar-refractivity contribution in [1.29, 1.82) is 0 Å². The lowest BCUT2D eigenvalue weighted by Gasteiger charge is -2.10. The molecule has 1 aromatic carbocycles. The molecular formula is C14H14F3NO. The second kappa shape index (κ2) is 4.72. The first kappa shape index (κ1) is 13.6. The minimum absolute atomic E-state index is 0.123. The number of fused-ring (bicyclic) bond motifs is 1. The minimum Gasteiger partial charge on any atom is -0.345 e. The van der Waals surface area contributed by atoms with Crippen molar-refractivity contribution < 1.29 is 18.0 Å². The molecule has 2 aromatic rings. The summed E-state index contributed by atoms with van der Waals surface area (Å²) in [7, 11) is 0. The Morgan fingerprint density at radius 3 is 2.53 bits per heavy atom. The topological polar surface area (TPSA) is 22.0 Å². The van der Waals surface area contributed by atoms with Crippen molar-refractivity contribution >= 4 is 17.2 Å². The largest absolute Gasteiger partial charge is 0.416 e. The van der Waals surface area contributed by atoms with E-state index < -0.39 is 11.7 Å². The van der Waals surface area contributed by atoms with E-state index in [1.807, 2.05) is 18.4 Å². The van der Waals surface area contributed by atoms with Crippen LogP contribution in [0.15, 0.2) is 24.4 Å². The van der Waals surface area contributed by atoms with Gasteiger partial charge in [-0.3, -0.25) is 0 Å². The summed E-state index contributed by atoms with van der Waals surface area (Å²) in [5, 5.41) is 0.496. The number of rotatable bonds is 3. The van der Waals surface area contributed by atoms with Crippen LogP contribution in [0.25, 0.3) is 10.9 Å². The lowest BCUT2D eigenvalue weighted by molar-refractivity contribution is -0.137. The van der Waals surface area contributed by atoms with Crippen LogP contribution in [-0.4, -0.2) is 10.9 Å². The van der Waals surface area contributed by atoms with E-state index in [0.717, 1.165) is 17.6 Å². The van der Waals surface area contributed by atoms with Gasteiger partial charge in [-0.1, -0.05) is 0 Å². The molecule has 0 aliphatic rings. The summed E-state index contributed by atoms with van der Waals surface area (Å²) in [5.74, 6) is 0. The van der Waals surface area contributed by atoms with Crippen LogP contribution in [0.4, 0.5) is 13.2 Å². The predicted octanol–water partition coefficient (Wildman–Crippen LogP) is 3.98. The quantitative estimate of drug-likeness (QED) is 0.772. The van der Waals surface area contributed by atoms with E-state index in [1.165, 1.54) is 6.07 Å². The van der Waals surface area contributed by atoms with Crippen molar-refractivity contribution in [2.75, 3.05) is 0 Å². The van der Waals surface area contributed by atoms with Crippen molar-refractivity contribution in [2.24, 2.45) is 0 Å². The molecule has 2 rings (SSSR count). The molecule has 0 spiro atoms. The number of nitrogens with zero attached hydrogens (tertiary/aromatic N) is 1. The number of hydrogen-bond donors (Lipinski definition) is 0. The maximum absolute atomic E-state index is 12.7. The van der Waals surface area contributed by atoms with E-state index in [0.29, 0.717) is 17.2 Å². The highest BCUT2D eigenvalue weighted by Gasteiger charge is 2.31. The van der Waals surface area contributed by atoms with Crippen molar-refractivity contribution in [3.05, 3.63) is 35.5 Å². The first-order valence-electron chi connectivity index (χ1n) is 5.99. The van der Waals surface area contributed by atoms with Crippen LogP contribution in [0.2, 0.25) is 0 Å². The Hall–Kier alpha value is -1.78. The summed E-state index contributed by atoms with van der Waals surface area (Å²) in [5.41, 5.74) is 0.665. The lowest BCUT2D eigenvalue weighted by Crippen LogP contribution is -2.04. The summed E-state index contributed by atoms with van der Waals surface area (Å²) in [6, 6.07) is 3.78. The van der Waals surface area contributed by atoms with Gasteiger partial charge in [-0.05, 0) is 37.6 Å². The Bertz CT molecular complexity index is 611. The fraction of sp³-hybridized carbons (Fsp3) is 0.357. The summed E-state index contributed by atoms with van der Waals surface area (Å²) >= 11 is 0. The van der Waals surface area contributed by atoms with Gasteiger partial charge in [0.25, 0.3) is 0 Å². The van der Waals surface area contributed by atoms with Crippen LogP contribution in [0.5, 0.6) is 0 Å². The molecule has 1 aromatic heterocycles. The number of benzene rings is 1. The van der Waals surface area contributed by atoms with Gasteiger partial charge in [0.15, 0.2) is 0 Å². The maximum Gasteiger partial charge on any atom is 0.416 e.